The van der Waals surface area contributed by atoms with Crippen LogP contribution in [0.15, 0.2) is 15.5 Å². The molecule has 0 saturated carbocycles. The van der Waals surface area contributed by atoms with Crippen molar-refractivity contribution in [1.29, 1.82) is 0 Å². The van der Waals surface area contributed by atoms with Crippen molar-refractivity contribution in [3.05, 3.63) is 21.0 Å². The Bertz CT molecular complexity index is 552. The Morgan fingerprint density at radius 2 is 2.05 bits per heavy atom. The fourth-order valence-corrected chi connectivity index (χ4v) is 2.93. The molecule has 0 unspecified atom stereocenters. The largest absolute Gasteiger partial charge is 0.408 e. The molecule has 1 aliphatic heterocycles. The summed E-state index contributed by atoms with van der Waals surface area (Å²) in [6.07, 6.45) is -1.33. The van der Waals surface area contributed by atoms with E-state index in [0.717, 1.165) is 25.9 Å². The normalized spacial score (nSPS) is 17.3. The van der Waals surface area contributed by atoms with E-state index in [1.807, 2.05) is 11.9 Å². The molecule has 0 aromatic carbocycles. The van der Waals surface area contributed by atoms with E-state index in [9.17, 15) is 18.0 Å². The van der Waals surface area contributed by atoms with Crippen molar-refractivity contribution in [3.8, 4) is 0 Å². The second-order valence-corrected chi connectivity index (χ2v) is 5.76. The Morgan fingerprint density at radius 3 is 2.57 bits per heavy atom. The second kappa shape index (κ2) is 6.35. The van der Waals surface area contributed by atoms with Crippen LogP contribution in [-0.4, -0.2) is 42.1 Å². The van der Waals surface area contributed by atoms with Crippen LogP contribution < -0.4 is 15.8 Å². The molecule has 2 rings (SSSR count). The van der Waals surface area contributed by atoms with Gasteiger partial charge in [-0.2, -0.15) is 18.3 Å². The maximum Gasteiger partial charge on any atom is 0.408 e. The Labute approximate surface area is 128 Å². The lowest BCUT2D eigenvalue weighted by molar-refractivity contribution is -0.143. The highest BCUT2D eigenvalue weighted by Crippen LogP contribution is 2.25. The van der Waals surface area contributed by atoms with E-state index in [2.05, 4.69) is 26.3 Å². The minimum absolute atomic E-state index is 0.129. The van der Waals surface area contributed by atoms with Crippen LogP contribution in [-0.2, 0) is 6.54 Å². The van der Waals surface area contributed by atoms with Gasteiger partial charge in [-0.25, -0.2) is 4.68 Å². The fraction of sp³-hybridized carbons (Fsp3) is 0.667. The number of anilines is 1. The molecule has 0 amide bonds. The first-order valence-corrected chi connectivity index (χ1v) is 7.35. The number of hydrogen-bond donors (Lipinski definition) is 1. The maximum absolute atomic E-state index is 12.4. The minimum atomic E-state index is -4.47. The molecule has 0 spiro atoms. The number of nitrogens with zero attached hydrogens (tertiary/aromatic N) is 3. The number of hydrogen-bond acceptors (Lipinski definition) is 4. The second-order valence-electron chi connectivity index (χ2n) is 4.97. The molecule has 21 heavy (non-hydrogen) atoms. The van der Waals surface area contributed by atoms with Crippen molar-refractivity contribution in [2.75, 3.05) is 25.0 Å². The lowest BCUT2D eigenvalue weighted by atomic mass is 10.1. The summed E-state index contributed by atoms with van der Waals surface area (Å²) < 4.78 is 37.6. The monoisotopic (exact) mass is 368 g/mol. The number of halogens is 4. The summed E-state index contributed by atoms with van der Waals surface area (Å²) in [4.78, 5) is 13.9. The van der Waals surface area contributed by atoms with E-state index in [1.165, 1.54) is 6.20 Å². The molecule has 1 saturated heterocycles. The first-order chi connectivity index (χ1) is 9.81. The van der Waals surface area contributed by atoms with E-state index < -0.39 is 18.3 Å². The lowest BCUT2D eigenvalue weighted by Crippen LogP contribution is -2.42. The first kappa shape index (κ1) is 16.3. The summed E-state index contributed by atoms with van der Waals surface area (Å²) >= 11 is 3.11. The number of aromatic nitrogens is 2. The van der Waals surface area contributed by atoms with Crippen molar-refractivity contribution in [3.63, 3.8) is 0 Å². The quantitative estimate of drug-likeness (QED) is 0.882. The molecule has 0 bridgehead atoms. The molecule has 1 N–H and O–H groups in total. The maximum atomic E-state index is 12.4. The van der Waals surface area contributed by atoms with Gasteiger partial charge in [-0.1, -0.05) is 0 Å². The van der Waals surface area contributed by atoms with Gasteiger partial charge in [0.15, 0.2) is 0 Å². The standard InChI is InChI=1S/C12H16BrF3N4O/c1-17-8-2-4-19(5-3-8)9-6-18-20(7-12(14,15)16)11(21)10(9)13/h6,8,17H,2-5,7H2,1H3. The number of rotatable bonds is 3. The van der Waals surface area contributed by atoms with E-state index in [-0.39, 0.29) is 4.47 Å². The predicted molar refractivity (Wildman–Crippen MR) is 76.5 cm³/mol. The van der Waals surface area contributed by atoms with Gasteiger partial charge in [0.05, 0.1) is 11.9 Å². The molecule has 9 heteroatoms. The van der Waals surface area contributed by atoms with Crippen LogP contribution in [0.2, 0.25) is 0 Å². The molecule has 2 heterocycles. The van der Waals surface area contributed by atoms with Gasteiger partial charge in [0.25, 0.3) is 5.56 Å². The van der Waals surface area contributed by atoms with Crippen LogP contribution in [0.25, 0.3) is 0 Å². The van der Waals surface area contributed by atoms with E-state index >= 15 is 0 Å². The molecule has 118 valence electrons. The van der Waals surface area contributed by atoms with Crippen molar-refractivity contribution >= 4 is 21.6 Å². The fourth-order valence-electron chi connectivity index (χ4n) is 2.37. The van der Waals surface area contributed by atoms with Crippen LogP contribution in [0.1, 0.15) is 12.8 Å². The zero-order valence-corrected chi connectivity index (χ0v) is 13.0. The summed E-state index contributed by atoms with van der Waals surface area (Å²) in [6, 6.07) is 0.429. The molecule has 1 aromatic rings. The SMILES string of the molecule is CNC1CCN(c2cnn(CC(F)(F)F)c(=O)c2Br)CC1. The van der Waals surface area contributed by atoms with Crippen molar-refractivity contribution in [2.45, 2.75) is 31.6 Å². The molecule has 0 aliphatic carbocycles. The lowest BCUT2D eigenvalue weighted by Gasteiger charge is -2.33. The zero-order chi connectivity index (χ0) is 15.6. The predicted octanol–water partition coefficient (Wildman–Crippen LogP) is 1.76. The third kappa shape index (κ3) is 3.97. The van der Waals surface area contributed by atoms with Crippen molar-refractivity contribution in [2.24, 2.45) is 0 Å². The van der Waals surface area contributed by atoms with Gasteiger partial charge in [-0.15, -0.1) is 0 Å². The van der Waals surface area contributed by atoms with Crippen LogP contribution in [0.5, 0.6) is 0 Å². The topological polar surface area (TPSA) is 50.2 Å². The Balaban J connectivity index is 2.20. The molecule has 1 fully saturated rings. The molecule has 0 radical (unpaired) electrons. The zero-order valence-electron chi connectivity index (χ0n) is 11.5. The van der Waals surface area contributed by atoms with E-state index in [0.29, 0.717) is 16.4 Å². The summed E-state index contributed by atoms with van der Waals surface area (Å²) in [5.74, 6) is 0. The summed E-state index contributed by atoms with van der Waals surface area (Å²) in [5.41, 5.74) is -0.214. The minimum Gasteiger partial charge on any atom is -0.369 e. The highest BCUT2D eigenvalue weighted by Gasteiger charge is 2.30. The third-order valence-corrected chi connectivity index (χ3v) is 4.28. The van der Waals surface area contributed by atoms with Crippen LogP contribution in [0.4, 0.5) is 18.9 Å². The summed E-state index contributed by atoms with van der Waals surface area (Å²) in [7, 11) is 1.90. The van der Waals surface area contributed by atoms with Gasteiger partial charge in [0.2, 0.25) is 0 Å². The Kier molecular flexibility index (Phi) is 4.92. The molecule has 1 aliphatic rings. The van der Waals surface area contributed by atoms with Crippen molar-refractivity contribution in [1.82, 2.24) is 15.1 Å². The molecular formula is C12H16BrF3N4O. The highest BCUT2D eigenvalue weighted by atomic mass is 79.9. The molecule has 0 atom stereocenters. The van der Waals surface area contributed by atoms with Crippen LogP contribution in [0.3, 0.4) is 0 Å². The first-order valence-electron chi connectivity index (χ1n) is 6.56. The van der Waals surface area contributed by atoms with Crippen molar-refractivity contribution < 1.29 is 13.2 Å². The van der Waals surface area contributed by atoms with Gasteiger partial charge in [0, 0.05) is 19.1 Å². The third-order valence-electron chi connectivity index (χ3n) is 3.54. The summed E-state index contributed by atoms with van der Waals surface area (Å²) in [5, 5.41) is 6.83. The van der Waals surface area contributed by atoms with Gasteiger partial charge < -0.3 is 10.2 Å². The smallest absolute Gasteiger partial charge is 0.369 e. The van der Waals surface area contributed by atoms with Gasteiger partial charge in [0.1, 0.15) is 11.0 Å². The number of nitrogens with one attached hydrogen (secondary N) is 1. The Morgan fingerprint density at radius 1 is 1.43 bits per heavy atom. The van der Waals surface area contributed by atoms with E-state index in [4.69, 9.17) is 0 Å². The van der Waals surface area contributed by atoms with Crippen LogP contribution in [0, 0.1) is 0 Å². The van der Waals surface area contributed by atoms with Gasteiger partial charge >= 0.3 is 6.18 Å². The Hall–Kier alpha value is -1.09. The highest BCUT2D eigenvalue weighted by molar-refractivity contribution is 9.10. The van der Waals surface area contributed by atoms with Gasteiger partial charge in [-0.3, -0.25) is 4.79 Å². The molecule has 1 aromatic heterocycles. The van der Waals surface area contributed by atoms with Gasteiger partial charge in [-0.05, 0) is 35.8 Å². The molecule has 5 nitrogen and oxygen atoms in total. The van der Waals surface area contributed by atoms with E-state index in [1.54, 1.807) is 0 Å². The van der Waals surface area contributed by atoms with Crippen LogP contribution >= 0.6 is 15.9 Å². The number of alkyl halides is 3. The average molecular weight is 369 g/mol. The summed E-state index contributed by atoms with van der Waals surface area (Å²) in [6.45, 7) is 0.0789. The average Bonchev–Trinajstić information content (AvgIpc) is 2.43. The molecular weight excluding hydrogens is 353 g/mol. The number of piperidine rings is 1.